The van der Waals surface area contributed by atoms with Crippen LogP contribution in [0.1, 0.15) is 13.8 Å². The number of rotatable bonds is 0. The van der Waals surface area contributed by atoms with E-state index in [4.69, 9.17) is 0 Å². The lowest BCUT2D eigenvalue weighted by Gasteiger charge is -2.21. The first-order valence-electron chi connectivity index (χ1n) is 2.73. The molecule has 0 nitrogen and oxygen atoms in total. The first-order valence-corrected chi connectivity index (χ1v) is 6.05. The van der Waals surface area contributed by atoms with Gasteiger partial charge < -0.3 is 0 Å². The molecule has 2 atom stereocenters. The molecule has 0 radical (unpaired) electrons. The highest BCUT2D eigenvalue weighted by molar-refractivity contribution is 8.79. The van der Waals surface area contributed by atoms with Crippen molar-refractivity contribution in [3.05, 3.63) is 0 Å². The maximum atomic E-state index is 2.30. The summed E-state index contributed by atoms with van der Waals surface area (Å²) in [6.07, 6.45) is 0. The molecule has 0 amide bonds. The monoisotopic (exact) mass is 166 g/mol. The molecule has 8 heavy (non-hydrogen) atoms. The summed E-state index contributed by atoms with van der Waals surface area (Å²) in [5.41, 5.74) is 0. The molecule has 1 saturated heterocycles. The molecule has 48 valence electrons. The molecule has 1 aliphatic heterocycles. The van der Waals surface area contributed by atoms with E-state index in [-0.39, 0.29) is 0 Å². The quantitative estimate of drug-likeness (QED) is 0.508. The Labute approximate surface area is 63.0 Å². The minimum Gasteiger partial charge on any atom is -0.143 e. The average Bonchev–Trinajstić information content (AvgIpc) is 1.64. The molecule has 0 bridgehead atoms. The van der Waals surface area contributed by atoms with E-state index in [9.17, 15) is 0 Å². The van der Waals surface area contributed by atoms with Crippen LogP contribution in [-0.4, -0.2) is 15.6 Å². The Bertz CT molecular complexity index is 66.1. The molecule has 0 aromatic heterocycles. The molecule has 1 heterocycles. The second-order valence-corrected chi connectivity index (χ2v) is 6.73. The Balaban J connectivity index is 2.23. The van der Waals surface area contributed by atoms with Crippen molar-refractivity contribution in [3.63, 3.8) is 0 Å². The maximum Gasteiger partial charge on any atom is 0.0580 e. The van der Waals surface area contributed by atoms with Gasteiger partial charge in [-0.2, -0.15) is 0 Å². The van der Waals surface area contributed by atoms with E-state index in [0.717, 1.165) is 9.83 Å². The summed E-state index contributed by atoms with van der Waals surface area (Å²) in [4.78, 5) is 0. The van der Waals surface area contributed by atoms with Crippen LogP contribution < -0.4 is 0 Å². The van der Waals surface area contributed by atoms with Gasteiger partial charge in [0.2, 0.25) is 0 Å². The molecular weight excluding hydrogens is 156 g/mol. The molecule has 3 heteroatoms. The highest BCUT2D eigenvalue weighted by atomic mass is 33.1. The van der Waals surface area contributed by atoms with Gasteiger partial charge in [0.05, 0.1) is 4.58 Å². The van der Waals surface area contributed by atoms with Gasteiger partial charge in [-0.25, -0.2) is 0 Å². The Hall–Kier alpha value is 1.05. The van der Waals surface area contributed by atoms with Gasteiger partial charge in [0.1, 0.15) is 0 Å². The van der Waals surface area contributed by atoms with Crippen LogP contribution >= 0.6 is 33.3 Å². The third kappa shape index (κ3) is 2.11. The van der Waals surface area contributed by atoms with E-state index < -0.39 is 0 Å². The van der Waals surface area contributed by atoms with Crippen LogP contribution in [0.3, 0.4) is 0 Å². The van der Waals surface area contributed by atoms with Crippen molar-refractivity contribution in [1.29, 1.82) is 0 Å². The first-order chi connectivity index (χ1) is 3.79. The Morgan fingerprint density at radius 1 is 1.38 bits per heavy atom. The Morgan fingerprint density at radius 2 is 2.12 bits per heavy atom. The van der Waals surface area contributed by atoms with Crippen molar-refractivity contribution in [2.45, 2.75) is 23.7 Å². The fourth-order valence-electron chi connectivity index (χ4n) is 0.620. The van der Waals surface area contributed by atoms with Crippen molar-refractivity contribution >= 4 is 33.3 Å². The fourth-order valence-corrected chi connectivity index (χ4v) is 5.59. The van der Waals surface area contributed by atoms with Crippen LogP contribution in [-0.2, 0) is 0 Å². The third-order valence-corrected chi connectivity index (χ3v) is 5.87. The standard InChI is InChI=1S/C5H10S3/c1-4-3-6-8-5(2)7-4/h4-5H,3H2,1-2H3. The molecule has 0 aliphatic carbocycles. The SMILES string of the molecule is CC1CSSC(C)S1. The smallest absolute Gasteiger partial charge is 0.0580 e. The van der Waals surface area contributed by atoms with Gasteiger partial charge in [-0.3, -0.25) is 0 Å². The van der Waals surface area contributed by atoms with Gasteiger partial charge in [0, 0.05) is 11.0 Å². The van der Waals surface area contributed by atoms with Gasteiger partial charge in [-0.15, -0.1) is 11.8 Å². The van der Waals surface area contributed by atoms with Crippen LogP contribution in [0.15, 0.2) is 0 Å². The Kier molecular flexibility index (Phi) is 2.93. The zero-order valence-electron chi connectivity index (χ0n) is 5.09. The lowest BCUT2D eigenvalue weighted by Crippen LogP contribution is -2.08. The molecule has 1 aliphatic rings. The van der Waals surface area contributed by atoms with Gasteiger partial charge >= 0.3 is 0 Å². The van der Waals surface area contributed by atoms with Crippen LogP contribution in [0.2, 0.25) is 0 Å². The molecule has 0 spiro atoms. The van der Waals surface area contributed by atoms with Crippen molar-refractivity contribution in [3.8, 4) is 0 Å². The number of thioether (sulfide) groups is 1. The summed E-state index contributed by atoms with van der Waals surface area (Å²) in [6.45, 7) is 4.58. The summed E-state index contributed by atoms with van der Waals surface area (Å²) >= 11 is 2.08. The second kappa shape index (κ2) is 3.28. The molecule has 0 N–H and O–H groups in total. The summed E-state index contributed by atoms with van der Waals surface area (Å²) in [5, 5.41) is 0.872. The van der Waals surface area contributed by atoms with Gasteiger partial charge in [-0.05, 0) is 6.92 Å². The van der Waals surface area contributed by atoms with Crippen LogP contribution in [0.25, 0.3) is 0 Å². The molecule has 0 aromatic carbocycles. The minimum absolute atomic E-state index is 0.809. The predicted octanol–water partition coefficient (Wildman–Crippen LogP) is 2.85. The lowest BCUT2D eigenvalue weighted by molar-refractivity contribution is 1.12. The van der Waals surface area contributed by atoms with E-state index in [1.54, 1.807) is 0 Å². The molecule has 1 rings (SSSR count). The Morgan fingerprint density at radius 3 is 2.50 bits per heavy atom. The summed E-state index contributed by atoms with van der Waals surface area (Å²) in [7, 11) is 4.01. The summed E-state index contributed by atoms with van der Waals surface area (Å²) < 4.78 is 0.809. The topological polar surface area (TPSA) is 0 Å². The number of hydrogen-bond acceptors (Lipinski definition) is 3. The van der Waals surface area contributed by atoms with E-state index in [0.29, 0.717) is 0 Å². The van der Waals surface area contributed by atoms with Crippen molar-refractivity contribution in [2.75, 3.05) is 5.75 Å². The number of hydrogen-bond donors (Lipinski definition) is 0. The lowest BCUT2D eigenvalue weighted by atomic mass is 10.6. The summed E-state index contributed by atoms with van der Waals surface area (Å²) in [6, 6.07) is 0. The van der Waals surface area contributed by atoms with E-state index in [1.165, 1.54) is 5.75 Å². The fraction of sp³-hybridized carbons (Fsp3) is 1.00. The molecule has 1 fully saturated rings. The predicted molar refractivity (Wildman–Crippen MR) is 46.6 cm³/mol. The van der Waals surface area contributed by atoms with Gasteiger partial charge in [0.15, 0.2) is 0 Å². The molecule has 0 saturated carbocycles. The maximum absolute atomic E-state index is 2.30. The van der Waals surface area contributed by atoms with Crippen molar-refractivity contribution < 1.29 is 0 Å². The highest BCUT2D eigenvalue weighted by Crippen LogP contribution is 2.42. The summed E-state index contributed by atoms with van der Waals surface area (Å²) in [5.74, 6) is 1.32. The van der Waals surface area contributed by atoms with E-state index >= 15 is 0 Å². The zero-order chi connectivity index (χ0) is 5.98. The normalized spacial score (nSPS) is 39.8. The van der Waals surface area contributed by atoms with E-state index in [2.05, 4.69) is 25.6 Å². The van der Waals surface area contributed by atoms with Crippen LogP contribution in [0.4, 0.5) is 0 Å². The third-order valence-electron chi connectivity index (χ3n) is 0.930. The first kappa shape index (κ1) is 7.16. The molecule has 2 unspecified atom stereocenters. The second-order valence-electron chi connectivity index (χ2n) is 1.90. The van der Waals surface area contributed by atoms with Gasteiger partial charge in [0.25, 0.3) is 0 Å². The van der Waals surface area contributed by atoms with E-state index in [1.807, 2.05) is 21.6 Å². The largest absolute Gasteiger partial charge is 0.143 e. The van der Waals surface area contributed by atoms with Crippen molar-refractivity contribution in [1.82, 2.24) is 0 Å². The molecular formula is C5H10S3. The zero-order valence-corrected chi connectivity index (χ0v) is 7.54. The van der Waals surface area contributed by atoms with Crippen LogP contribution in [0.5, 0.6) is 0 Å². The van der Waals surface area contributed by atoms with Gasteiger partial charge in [-0.1, -0.05) is 28.5 Å². The van der Waals surface area contributed by atoms with Crippen molar-refractivity contribution in [2.24, 2.45) is 0 Å². The van der Waals surface area contributed by atoms with Crippen LogP contribution in [0, 0.1) is 0 Å². The minimum atomic E-state index is 0.809. The highest BCUT2D eigenvalue weighted by Gasteiger charge is 2.15. The molecule has 0 aromatic rings. The average molecular weight is 166 g/mol.